The Labute approximate surface area is 477 Å². The van der Waals surface area contributed by atoms with Gasteiger partial charge in [-0.3, -0.25) is 0 Å². The predicted octanol–water partition coefficient (Wildman–Crippen LogP) is 17.7. The predicted molar refractivity (Wildman–Crippen MR) is 315 cm³/mol. The van der Waals surface area contributed by atoms with Gasteiger partial charge in [-0.05, 0) is 76.3 Å². The van der Waals surface area contributed by atoms with Gasteiger partial charge in [0.05, 0.1) is 36.3 Å². The molecular formula is C66H108O8Sn. The van der Waals surface area contributed by atoms with Crippen molar-refractivity contribution in [2.45, 2.75) is 272 Å². The van der Waals surface area contributed by atoms with Gasteiger partial charge in [0.15, 0.2) is 0 Å². The van der Waals surface area contributed by atoms with Crippen molar-refractivity contribution in [2.24, 2.45) is 0 Å². The fourth-order valence-electron chi connectivity index (χ4n) is 8.07. The number of ether oxygens (including phenoxy) is 2. The normalized spacial score (nSPS) is 10.6. The van der Waals surface area contributed by atoms with Crippen LogP contribution in [0.4, 0.5) is 0 Å². The van der Waals surface area contributed by atoms with Crippen molar-refractivity contribution >= 4 is 47.8 Å². The number of unbranched alkanes of at least 4 members (excludes halogenated alkanes) is 32. The van der Waals surface area contributed by atoms with Gasteiger partial charge in [0.25, 0.3) is 0 Å². The summed E-state index contributed by atoms with van der Waals surface area (Å²) in [5, 5.41) is 22.1. The summed E-state index contributed by atoms with van der Waals surface area (Å²) in [4.78, 5) is 46.0. The molecular weight excluding hydrogens is 1040 g/mol. The second kappa shape index (κ2) is 61.5. The van der Waals surface area contributed by atoms with E-state index in [4.69, 9.17) is 9.47 Å². The molecule has 0 aliphatic rings. The number of carboxylic acid groups (broad SMARTS) is 2. The van der Waals surface area contributed by atoms with E-state index in [-0.39, 0.29) is 46.2 Å². The van der Waals surface area contributed by atoms with E-state index < -0.39 is 23.9 Å². The van der Waals surface area contributed by atoms with Crippen LogP contribution in [0.25, 0.3) is 0 Å². The molecule has 2 aromatic rings. The van der Waals surface area contributed by atoms with Crippen LogP contribution in [0, 0.1) is 13.8 Å². The molecule has 0 aliphatic heterocycles. The molecule has 2 aromatic carbocycles. The van der Waals surface area contributed by atoms with E-state index in [2.05, 4.69) is 65.8 Å². The molecule has 0 N–H and O–H groups in total. The molecule has 8 nitrogen and oxygen atoms in total. The SMILES string of the molecule is CCCCCCC/C=C/CCCCCCCCOC(=O)c1ccccc1C(=O)[O-].CCCCCCC/C=C/CCCCCCCCOC(=O)c1ccccc1C(=O)[O-].[CH2]CCCCCCC.[CH2]CCCCCCC.[Sn+2]. The minimum absolute atomic E-state index is 0. The van der Waals surface area contributed by atoms with Crippen molar-refractivity contribution in [3.63, 3.8) is 0 Å². The van der Waals surface area contributed by atoms with Crippen molar-refractivity contribution in [1.29, 1.82) is 0 Å². The fourth-order valence-corrected chi connectivity index (χ4v) is 8.07. The second-order valence-corrected chi connectivity index (χ2v) is 19.6. The van der Waals surface area contributed by atoms with Crippen LogP contribution in [0.5, 0.6) is 0 Å². The molecule has 0 bridgehead atoms. The summed E-state index contributed by atoms with van der Waals surface area (Å²) in [5.41, 5.74) is -0.130. The first-order valence-corrected chi connectivity index (χ1v) is 30.0. The summed E-state index contributed by atoms with van der Waals surface area (Å²) >= 11 is 0. The van der Waals surface area contributed by atoms with Gasteiger partial charge in [-0.15, -0.1) is 0 Å². The van der Waals surface area contributed by atoms with Crippen molar-refractivity contribution in [3.05, 3.63) is 109 Å². The number of carbonyl (C=O) groups excluding carboxylic acids is 4. The molecule has 0 heterocycles. The van der Waals surface area contributed by atoms with Crippen molar-refractivity contribution in [2.75, 3.05) is 13.2 Å². The number of carbonyl (C=O) groups is 4. The molecule has 0 unspecified atom stereocenters. The zero-order valence-electron chi connectivity index (χ0n) is 48.4. The topological polar surface area (TPSA) is 133 Å². The first kappa shape index (κ1) is 75.8. The zero-order chi connectivity index (χ0) is 54.8. The maximum absolute atomic E-state index is 12.0. The minimum atomic E-state index is -1.36. The Kier molecular flexibility index (Phi) is 62.1. The van der Waals surface area contributed by atoms with Crippen LogP contribution < -0.4 is 10.2 Å². The Morgan fingerprint density at radius 2 is 0.587 bits per heavy atom. The van der Waals surface area contributed by atoms with Crippen LogP contribution in [0.3, 0.4) is 0 Å². The summed E-state index contributed by atoms with van der Waals surface area (Å²) in [6.45, 7) is 17.2. The van der Waals surface area contributed by atoms with Crippen LogP contribution in [0.15, 0.2) is 72.8 Å². The number of hydrogen-bond acceptors (Lipinski definition) is 8. The number of aromatic carboxylic acids is 2. The van der Waals surface area contributed by atoms with Gasteiger partial charge in [-0.2, -0.15) is 0 Å². The molecule has 424 valence electrons. The number of allylic oxidation sites excluding steroid dienone is 4. The van der Waals surface area contributed by atoms with E-state index in [1.54, 1.807) is 24.3 Å². The zero-order valence-corrected chi connectivity index (χ0v) is 51.2. The molecule has 0 spiro atoms. The largest absolute Gasteiger partial charge is 2.00 e. The Hall–Kier alpha value is -3.40. The van der Waals surface area contributed by atoms with E-state index in [1.807, 2.05) is 0 Å². The molecule has 0 atom stereocenters. The molecule has 0 saturated carbocycles. The van der Waals surface area contributed by atoms with Crippen LogP contribution >= 0.6 is 0 Å². The van der Waals surface area contributed by atoms with Crippen LogP contribution in [-0.4, -0.2) is 61.0 Å². The first-order chi connectivity index (χ1) is 36.2. The van der Waals surface area contributed by atoms with E-state index in [0.29, 0.717) is 13.2 Å². The summed E-state index contributed by atoms with van der Waals surface area (Å²) in [5.74, 6) is -3.91. The summed E-state index contributed by atoms with van der Waals surface area (Å²) in [6.07, 6.45) is 56.7. The molecule has 0 amide bonds. The molecule has 0 aliphatic carbocycles. The molecule has 2 rings (SSSR count). The molecule has 0 aromatic heterocycles. The van der Waals surface area contributed by atoms with Gasteiger partial charge in [-0.1, -0.05) is 282 Å². The van der Waals surface area contributed by atoms with Crippen LogP contribution in [0.1, 0.15) is 313 Å². The number of esters is 2. The van der Waals surface area contributed by atoms with E-state index in [9.17, 15) is 29.4 Å². The van der Waals surface area contributed by atoms with Gasteiger partial charge in [0.2, 0.25) is 0 Å². The average Bonchev–Trinajstić information content (AvgIpc) is 3.41. The molecule has 9 heteroatoms. The Bertz CT molecular complexity index is 1510. The molecule has 75 heavy (non-hydrogen) atoms. The van der Waals surface area contributed by atoms with Gasteiger partial charge in [0, 0.05) is 11.1 Å². The Morgan fingerprint density at radius 3 is 0.840 bits per heavy atom. The minimum Gasteiger partial charge on any atom is -0.545 e. The number of hydrogen-bond donors (Lipinski definition) is 0. The third kappa shape index (κ3) is 51.1. The van der Waals surface area contributed by atoms with Crippen molar-refractivity contribution in [3.8, 4) is 0 Å². The monoisotopic (exact) mass is 1150 g/mol. The number of benzene rings is 2. The second-order valence-electron chi connectivity index (χ2n) is 19.6. The average molecular weight is 1150 g/mol. The molecule has 4 radical (unpaired) electrons. The van der Waals surface area contributed by atoms with E-state index in [1.165, 1.54) is 217 Å². The first-order valence-electron chi connectivity index (χ1n) is 30.0. The smallest absolute Gasteiger partial charge is 0.545 e. The van der Waals surface area contributed by atoms with Crippen molar-refractivity contribution in [1.82, 2.24) is 0 Å². The maximum Gasteiger partial charge on any atom is 2.00 e. The fraction of sp³-hybridized carbons (Fsp3) is 0.667. The number of carboxylic acids is 2. The third-order valence-corrected chi connectivity index (χ3v) is 12.7. The van der Waals surface area contributed by atoms with Crippen molar-refractivity contribution < 1.29 is 38.9 Å². The van der Waals surface area contributed by atoms with Gasteiger partial charge < -0.3 is 29.3 Å². The van der Waals surface area contributed by atoms with E-state index >= 15 is 0 Å². The van der Waals surface area contributed by atoms with Crippen LogP contribution in [-0.2, 0) is 9.47 Å². The van der Waals surface area contributed by atoms with Gasteiger partial charge in [-0.25, -0.2) is 9.59 Å². The van der Waals surface area contributed by atoms with E-state index in [0.717, 1.165) is 51.4 Å². The summed E-state index contributed by atoms with van der Waals surface area (Å²) < 4.78 is 10.4. The molecule has 0 fully saturated rings. The quantitative estimate of drug-likeness (QED) is 0.0277. The standard InChI is InChI=1S/2C25H38O4.2C8H17.Sn/c2*1-2-3-4-5-6-7-8-9-10-11-12-13-14-15-18-21-29-25(28)23-20-17-16-19-22(23)24(26)27;2*1-3-5-7-8-6-4-2;/h2*8-9,16-17,19-20H,2-7,10-15,18,21H2,1H3,(H,26,27);2*1,3-8H2,2H3;/q;;;;+2/p-2/b2*9-8+;;;. The number of rotatable bonds is 44. The van der Waals surface area contributed by atoms with Gasteiger partial charge >= 0.3 is 35.8 Å². The van der Waals surface area contributed by atoms with Gasteiger partial charge in [0.1, 0.15) is 0 Å². The third-order valence-electron chi connectivity index (χ3n) is 12.7. The summed E-state index contributed by atoms with van der Waals surface area (Å²) in [6, 6.07) is 12.0. The maximum atomic E-state index is 12.0. The Balaban J connectivity index is -0.00000106. The molecule has 0 saturated heterocycles. The summed E-state index contributed by atoms with van der Waals surface area (Å²) in [7, 11) is 0. The Morgan fingerprint density at radius 1 is 0.360 bits per heavy atom. The van der Waals surface area contributed by atoms with Crippen LogP contribution in [0.2, 0.25) is 0 Å².